The zero-order valence-electron chi connectivity index (χ0n) is 9.56. The van der Waals surface area contributed by atoms with Crippen molar-refractivity contribution in [1.29, 1.82) is 0 Å². The van der Waals surface area contributed by atoms with Crippen LogP contribution in [0.3, 0.4) is 0 Å². The molecule has 2 atom stereocenters. The minimum atomic E-state index is -4.03. The zero-order chi connectivity index (χ0) is 12.2. The molecule has 0 aliphatic heterocycles. The van der Waals surface area contributed by atoms with Gasteiger partial charge in [0.15, 0.2) is 0 Å². The summed E-state index contributed by atoms with van der Waals surface area (Å²) in [5, 5.41) is 0.102. The third-order valence-electron chi connectivity index (χ3n) is 3.18. The Morgan fingerprint density at radius 3 is 2.44 bits per heavy atom. The van der Waals surface area contributed by atoms with Crippen molar-refractivity contribution < 1.29 is 13.2 Å². The van der Waals surface area contributed by atoms with E-state index < -0.39 is 12.6 Å². The van der Waals surface area contributed by atoms with Crippen LogP contribution in [0.4, 0.5) is 13.2 Å². The zero-order valence-corrected chi connectivity index (χ0v) is 10.3. The molecule has 0 amide bonds. The maximum Gasteiger partial charge on any atom is 0.389 e. The van der Waals surface area contributed by atoms with Crippen LogP contribution in [0.25, 0.3) is 0 Å². The van der Waals surface area contributed by atoms with Crippen molar-refractivity contribution in [3.8, 4) is 0 Å². The van der Waals surface area contributed by atoms with Gasteiger partial charge in [0, 0.05) is 17.8 Å². The maximum absolute atomic E-state index is 12.0. The van der Waals surface area contributed by atoms with Crippen molar-refractivity contribution >= 4 is 11.6 Å². The van der Waals surface area contributed by atoms with E-state index in [1.54, 1.807) is 0 Å². The highest BCUT2D eigenvalue weighted by Gasteiger charge is 2.29. The second kappa shape index (κ2) is 6.10. The summed E-state index contributed by atoms with van der Waals surface area (Å²) in [5.74, 6) is 0. The normalized spacial score (nSPS) is 27.4. The molecule has 96 valence electrons. The van der Waals surface area contributed by atoms with E-state index in [4.69, 9.17) is 11.6 Å². The molecule has 0 heterocycles. The summed E-state index contributed by atoms with van der Waals surface area (Å²) in [5.41, 5.74) is 0. The fraction of sp³-hybridized carbons (Fsp3) is 1.00. The lowest BCUT2D eigenvalue weighted by Crippen LogP contribution is -2.41. The molecule has 0 bridgehead atoms. The van der Waals surface area contributed by atoms with Crippen molar-refractivity contribution in [2.24, 2.45) is 0 Å². The number of halogens is 4. The first-order valence-electron chi connectivity index (χ1n) is 5.81. The van der Waals surface area contributed by atoms with E-state index in [9.17, 15) is 13.2 Å². The average Bonchev–Trinajstić information content (AvgIpc) is 2.16. The number of alkyl halides is 4. The molecule has 2 unspecified atom stereocenters. The summed E-state index contributed by atoms with van der Waals surface area (Å²) in [7, 11) is 1.88. The Labute approximate surface area is 99.9 Å². The molecule has 0 N–H and O–H groups in total. The molecule has 1 nitrogen and oxygen atoms in total. The molecule has 1 fully saturated rings. The van der Waals surface area contributed by atoms with Gasteiger partial charge in [0.1, 0.15) is 0 Å². The lowest BCUT2D eigenvalue weighted by atomic mass is 9.94. The Kier molecular flexibility index (Phi) is 5.38. The molecule has 5 heteroatoms. The van der Waals surface area contributed by atoms with E-state index in [0.717, 1.165) is 25.7 Å². The number of nitrogens with zero attached hydrogens (tertiary/aromatic N) is 1. The lowest BCUT2D eigenvalue weighted by Gasteiger charge is -2.35. The fourth-order valence-corrected chi connectivity index (χ4v) is 2.73. The van der Waals surface area contributed by atoms with Crippen LogP contribution < -0.4 is 0 Å². The Morgan fingerprint density at radius 2 is 1.88 bits per heavy atom. The van der Waals surface area contributed by atoms with Crippen LogP contribution in [0.2, 0.25) is 0 Å². The van der Waals surface area contributed by atoms with Gasteiger partial charge in [-0.25, -0.2) is 0 Å². The highest BCUT2D eigenvalue weighted by atomic mass is 35.5. The van der Waals surface area contributed by atoms with Crippen LogP contribution in [0.15, 0.2) is 0 Å². The van der Waals surface area contributed by atoms with Crippen molar-refractivity contribution in [2.75, 3.05) is 13.6 Å². The van der Waals surface area contributed by atoms with Crippen LogP contribution in [-0.2, 0) is 0 Å². The minimum Gasteiger partial charge on any atom is -0.302 e. The fourth-order valence-electron chi connectivity index (χ4n) is 2.26. The predicted molar refractivity (Wildman–Crippen MR) is 59.8 cm³/mol. The predicted octanol–water partition coefficient (Wildman–Crippen LogP) is 3.81. The van der Waals surface area contributed by atoms with Gasteiger partial charge >= 0.3 is 6.18 Å². The third-order valence-corrected chi connectivity index (χ3v) is 3.69. The Bertz CT molecular complexity index is 208. The molecule has 0 radical (unpaired) electrons. The molecule has 1 aliphatic carbocycles. The van der Waals surface area contributed by atoms with Gasteiger partial charge in [-0.1, -0.05) is 12.8 Å². The topological polar surface area (TPSA) is 3.24 Å². The second-order valence-electron chi connectivity index (χ2n) is 4.57. The van der Waals surface area contributed by atoms with Crippen molar-refractivity contribution in [2.45, 2.75) is 56.1 Å². The summed E-state index contributed by atoms with van der Waals surface area (Å²) in [6, 6.07) is 0.253. The summed E-state index contributed by atoms with van der Waals surface area (Å²) in [6.07, 6.45) is -0.296. The molecule has 1 aliphatic rings. The molecule has 0 aromatic carbocycles. The van der Waals surface area contributed by atoms with E-state index in [-0.39, 0.29) is 17.8 Å². The standard InChI is InChI=1S/C11H19ClF3N/c1-16(8-4-7-11(13,14)15)10-6-3-2-5-9(10)12/h9-10H,2-8H2,1H3. The van der Waals surface area contributed by atoms with Gasteiger partial charge in [-0.05, 0) is 32.9 Å². The van der Waals surface area contributed by atoms with Gasteiger partial charge in [-0.2, -0.15) is 13.2 Å². The average molecular weight is 258 g/mol. The van der Waals surface area contributed by atoms with Crippen molar-refractivity contribution in [1.82, 2.24) is 4.90 Å². The highest BCUT2D eigenvalue weighted by Crippen LogP contribution is 2.27. The van der Waals surface area contributed by atoms with Crippen LogP contribution in [-0.4, -0.2) is 36.1 Å². The Balaban J connectivity index is 2.25. The maximum atomic E-state index is 12.0. The molecular weight excluding hydrogens is 239 g/mol. The summed E-state index contributed by atoms with van der Waals surface area (Å²) in [4.78, 5) is 1.99. The van der Waals surface area contributed by atoms with E-state index in [1.807, 2.05) is 11.9 Å². The largest absolute Gasteiger partial charge is 0.389 e. The lowest BCUT2D eigenvalue weighted by molar-refractivity contribution is -0.136. The van der Waals surface area contributed by atoms with E-state index in [2.05, 4.69) is 0 Å². The van der Waals surface area contributed by atoms with Crippen LogP contribution in [0, 0.1) is 0 Å². The van der Waals surface area contributed by atoms with Crippen LogP contribution in [0.1, 0.15) is 38.5 Å². The molecule has 0 aromatic heterocycles. The smallest absolute Gasteiger partial charge is 0.302 e. The molecule has 0 saturated heterocycles. The molecule has 16 heavy (non-hydrogen) atoms. The van der Waals surface area contributed by atoms with E-state index in [0.29, 0.717) is 6.54 Å². The van der Waals surface area contributed by atoms with Gasteiger partial charge in [-0.3, -0.25) is 0 Å². The SMILES string of the molecule is CN(CCCC(F)(F)F)C1CCCCC1Cl. The first kappa shape index (κ1) is 14.1. The number of hydrogen-bond acceptors (Lipinski definition) is 1. The van der Waals surface area contributed by atoms with E-state index in [1.165, 1.54) is 0 Å². The summed E-state index contributed by atoms with van der Waals surface area (Å²) < 4.78 is 35.9. The van der Waals surface area contributed by atoms with Gasteiger partial charge < -0.3 is 4.90 Å². The van der Waals surface area contributed by atoms with Crippen LogP contribution >= 0.6 is 11.6 Å². The highest BCUT2D eigenvalue weighted by molar-refractivity contribution is 6.21. The summed E-state index contributed by atoms with van der Waals surface area (Å²) in [6.45, 7) is 0.480. The van der Waals surface area contributed by atoms with Crippen molar-refractivity contribution in [3.05, 3.63) is 0 Å². The minimum absolute atomic E-state index is 0.102. The molecular formula is C11H19ClF3N. The van der Waals surface area contributed by atoms with Gasteiger partial charge in [0.25, 0.3) is 0 Å². The molecule has 1 rings (SSSR count). The van der Waals surface area contributed by atoms with Gasteiger partial charge in [0.05, 0.1) is 0 Å². The van der Waals surface area contributed by atoms with E-state index >= 15 is 0 Å². The summed E-state index contributed by atoms with van der Waals surface area (Å²) >= 11 is 6.18. The van der Waals surface area contributed by atoms with Gasteiger partial charge in [0.2, 0.25) is 0 Å². The number of rotatable bonds is 4. The Morgan fingerprint density at radius 1 is 1.25 bits per heavy atom. The first-order chi connectivity index (χ1) is 7.40. The van der Waals surface area contributed by atoms with Crippen molar-refractivity contribution in [3.63, 3.8) is 0 Å². The number of hydrogen-bond donors (Lipinski definition) is 0. The Hall–Kier alpha value is 0.0400. The monoisotopic (exact) mass is 257 g/mol. The molecule has 1 saturated carbocycles. The first-order valence-corrected chi connectivity index (χ1v) is 6.25. The third kappa shape index (κ3) is 4.91. The molecule has 0 aromatic rings. The molecule has 0 spiro atoms. The van der Waals surface area contributed by atoms with Crippen LogP contribution in [0.5, 0.6) is 0 Å². The van der Waals surface area contributed by atoms with Gasteiger partial charge in [-0.15, -0.1) is 11.6 Å². The quantitative estimate of drug-likeness (QED) is 0.693. The second-order valence-corrected chi connectivity index (χ2v) is 5.13.